The number of hydrogen-bond donors (Lipinski definition) is 1. The lowest BCUT2D eigenvalue weighted by Gasteiger charge is -2.19. The lowest BCUT2D eigenvalue weighted by molar-refractivity contribution is -0.141. The minimum Gasteiger partial charge on any atom is -0.469 e. The molecule has 1 aromatic heterocycles. The van der Waals surface area contributed by atoms with Crippen LogP contribution in [0.3, 0.4) is 0 Å². The highest BCUT2D eigenvalue weighted by molar-refractivity contribution is 6.41. The molecule has 0 bridgehead atoms. The minimum absolute atomic E-state index is 0.0687. The van der Waals surface area contributed by atoms with Gasteiger partial charge in [-0.05, 0) is 17.7 Å². The number of esters is 1. The van der Waals surface area contributed by atoms with Crippen LogP contribution < -0.4 is 5.32 Å². The van der Waals surface area contributed by atoms with E-state index < -0.39 is 17.9 Å². The standard InChI is InChI=1S/C16H13Cl3N2O3/c1-24-14(22)7-13(10-4-2-3-5-11(10)17)21-16(23)9-6-12(18)15(19)20-8-9/h2-6,8,13H,7H2,1H3,(H,21,23). The van der Waals surface area contributed by atoms with Crippen molar-refractivity contribution in [2.75, 3.05) is 7.11 Å². The molecule has 1 heterocycles. The van der Waals surface area contributed by atoms with Crippen LogP contribution in [0, 0.1) is 0 Å². The summed E-state index contributed by atoms with van der Waals surface area (Å²) < 4.78 is 4.68. The monoisotopic (exact) mass is 386 g/mol. The highest BCUT2D eigenvalue weighted by Crippen LogP contribution is 2.26. The van der Waals surface area contributed by atoms with Gasteiger partial charge in [0.1, 0.15) is 5.15 Å². The Morgan fingerprint density at radius 3 is 2.54 bits per heavy atom. The van der Waals surface area contributed by atoms with E-state index in [-0.39, 0.29) is 22.2 Å². The zero-order valence-corrected chi connectivity index (χ0v) is 14.8. The largest absolute Gasteiger partial charge is 0.469 e. The number of ether oxygens (including phenoxy) is 1. The third-order valence-corrected chi connectivity index (χ3v) is 4.27. The van der Waals surface area contributed by atoms with Gasteiger partial charge >= 0.3 is 5.97 Å². The van der Waals surface area contributed by atoms with Crippen LogP contribution in [0.4, 0.5) is 0 Å². The van der Waals surface area contributed by atoms with E-state index in [1.165, 1.54) is 19.4 Å². The number of aromatic nitrogens is 1. The van der Waals surface area contributed by atoms with Gasteiger partial charge in [-0.3, -0.25) is 9.59 Å². The Kier molecular flexibility index (Phi) is 6.43. The lowest BCUT2D eigenvalue weighted by Crippen LogP contribution is -2.30. The molecular weight excluding hydrogens is 375 g/mol. The van der Waals surface area contributed by atoms with E-state index in [1.807, 2.05) is 0 Å². The summed E-state index contributed by atoms with van der Waals surface area (Å²) in [5.74, 6) is -0.942. The molecule has 1 aromatic carbocycles. The summed E-state index contributed by atoms with van der Waals surface area (Å²) in [6.45, 7) is 0. The van der Waals surface area contributed by atoms with Crippen molar-refractivity contribution in [3.63, 3.8) is 0 Å². The highest BCUT2D eigenvalue weighted by atomic mass is 35.5. The minimum atomic E-state index is -0.659. The predicted octanol–water partition coefficient (Wildman–Crippen LogP) is 4.08. The maximum atomic E-state index is 12.4. The van der Waals surface area contributed by atoms with Gasteiger partial charge in [0.25, 0.3) is 5.91 Å². The normalized spacial score (nSPS) is 11.7. The van der Waals surface area contributed by atoms with Gasteiger partial charge in [0.2, 0.25) is 0 Å². The van der Waals surface area contributed by atoms with Crippen molar-refractivity contribution in [2.45, 2.75) is 12.5 Å². The average molecular weight is 388 g/mol. The number of carbonyl (C=O) groups is 2. The molecule has 2 rings (SSSR count). The van der Waals surface area contributed by atoms with E-state index in [2.05, 4.69) is 15.0 Å². The Hall–Kier alpha value is -1.82. The van der Waals surface area contributed by atoms with E-state index in [0.717, 1.165) is 0 Å². The number of halogens is 3. The molecule has 5 nitrogen and oxygen atoms in total. The van der Waals surface area contributed by atoms with Gasteiger partial charge in [0, 0.05) is 11.2 Å². The zero-order chi connectivity index (χ0) is 17.7. The summed E-state index contributed by atoms with van der Waals surface area (Å²) in [7, 11) is 1.27. The van der Waals surface area contributed by atoms with Gasteiger partial charge in [-0.25, -0.2) is 4.98 Å². The van der Waals surface area contributed by atoms with Gasteiger partial charge < -0.3 is 10.1 Å². The number of rotatable bonds is 5. The topological polar surface area (TPSA) is 68.3 Å². The van der Waals surface area contributed by atoms with Crippen molar-refractivity contribution in [1.29, 1.82) is 0 Å². The molecule has 0 saturated heterocycles. The van der Waals surface area contributed by atoms with Crippen LogP contribution in [0.15, 0.2) is 36.5 Å². The number of pyridine rings is 1. The summed E-state index contributed by atoms with van der Waals surface area (Å²) in [5.41, 5.74) is 0.817. The van der Waals surface area contributed by atoms with Crippen molar-refractivity contribution in [2.24, 2.45) is 0 Å². The van der Waals surface area contributed by atoms with Gasteiger partial charge in [0.15, 0.2) is 0 Å². The average Bonchev–Trinajstić information content (AvgIpc) is 2.57. The third-order valence-electron chi connectivity index (χ3n) is 3.24. The second kappa shape index (κ2) is 8.33. The number of nitrogens with one attached hydrogen (secondary N) is 1. The van der Waals surface area contributed by atoms with E-state index in [0.29, 0.717) is 10.6 Å². The quantitative estimate of drug-likeness (QED) is 0.620. The molecule has 126 valence electrons. The van der Waals surface area contributed by atoms with Crippen LogP contribution in [0.25, 0.3) is 0 Å². The van der Waals surface area contributed by atoms with Crippen molar-refractivity contribution < 1.29 is 14.3 Å². The summed E-state index contributed by atoms with van der Waals surface area (Å²) in [5, 5.41) is 3.43. The van der Waals surface area contributed by atoms with Crippen LogP contribution in [-0.2, 0) is 9.53 Å². The molecule has 0 radical (unpaired) electrons. The first-order chi connectivity index (χ1) is 11.4. The molecule has 0 aliphatic heterocycles. The summed E-state index contributed by atoms with van der Waals surface area (Å²) in [6, 6.07) is 7.66. The zero-order valence-electron chi connectivity index (χ0n) is 12.6. The van der Waals surface area contributed by atoms with Crippen LogP contribution in [-0.4, -0.2) is 24.0 Å². The van der Waals surface area contributed by atoms with Gasteiger partial charge in [-0.2, -0.15) is 0 Å². The summed E-state index contributed by atoms with van der Waals surface area (Å²) in [6.07, 6.45) is 1.23. The summed E-state index contributed by atoms with van der Waals surface area (Å²) >= 11 is 17.8. The molecule has 0 aliphatic rings. The SMILES string of the molecule is COC(=O)CC(NC(=O)c1cnc(Cl)c(Cl)c1)c1ccccc1Cl. The van der Waals surface area contributed by atoms with Gasteiger partial charge in [-0.1, -0.05) is 53.0 Å². The molecule has 1 N–H and O–H groups in total. The van der Waals surface area contributed by atoms with Crippen molar-refractivity contribution in [3.05, 3.63) is 62.9 Å². The van der Waals surface area contributed by atoms with Crippen molar-refractivity contribution >= 4 is 46.7 Å². The smallest absolute Gasteiger partial charge is 0.307 e. The van der Waals surface area contributed by atoms with E-state index in [4.69, 9.17) is 34.8 Å². The Balaban J connectivity index is 2.27. The van der Waals surface area contributed by atoms with E-state index >= 15 is 0 Å². The molecule has 0 aliphatic carbocycles. The van der Waals surface area contributed by atoms with Gasteiger partial charge in [0.05, 0.1) is 30.2 Å². The van der Waals surface area contributed by atoms with E-state index in [1.54, 1.807) is 24.3 Å². The predicted molar refractivity (Wildman–Crippen MR) is 92.5 cm³/mol. The Labute approximate surface area is 153 Å². The molecule has 0 spiro atoms. The fourth-order valence-electron chi connectivity index (χ4n) is 2.03. The molecule has 24 heavy (non-hydrogen) atoms. The molecule has 2 aromatic rings. The lowest BCUT2D eigenvalue weighted by atomic mass is 10.0. The Morgan fingerprint density at radius 2 is 1.92 bits per heavy atom. The fraction of sp³-hybridized carbons (Fsp3) is 0.188. The highest BCUT2D eigenvalue weighted by Gasteiger charge is 2.22. The molecule has 1 atom stereocenters. The fourth-order valence-corrected chi connectivity index (χ4v) is 2.57. The van der Waals surface area contributed by atoms with Crippen LogP contribution in [0.1, 0.15) is 28.4 Å². The van der Waals surface area contributed by atoms with Gasteiger partial charge in [-0.15, -0.1) is 0 Å². The second-order valence-electron chi connectivity index (χ2n) is 4.82. The molecule has 8 heteroatoms. The first kappa shape index (κ1) is 18.5. The molecule has 1 amide bonds. The number of hydrogen-bond acceptors (Lipinski definition) is 4. The van der Waals surface area contributed by atoms with Crippen molar-refractivity contribution in [3.8, 4) is 0 Å². The van der Waals surface area contributed by atoms with Crippen LogP contribution in [0.2, 0.25) is 15.2 Å². The second-order valence-corrected chi connectivity index (χ2v) is 6.00. The Morgan fingerprint density at radius 1 is 1.21 bits per heavy atom. The summed E-state index contributed by atoms with van der Waals surface area (Å²) in [4.78, 5) is 27.9. The number of nitrogens with zero attached hydrogens (tertiary/aromatic N) is 1. The maximum absolute atomic E-state index is 12.4. The number of methoxy groups -OCH3 is 1. The first-order valence-corrected chi connectivity index (χ1v) is 7.99. The van der Waals surface area contributed by atoms with Crippen LogP contribution in [0.5, 0.6) is 0 Å². The van der Waals surface area contributed by atoms with Crippen LogP contribution >= 0.6 is 34.8 Å². The third kappa shape index (κ3) is 4.60. The maximum Gasteiger partial charge on any atom is 0.307 e. The molecule has 0 saturated carbocycles. The number of carbonyl (C=O) groups excluding carboxylic acids is 2. The number of amides is 1. The van der Waals surface area contributed by atoms with E-state index in [9.17, 15) is 9.59 Å². The number of benzene rings is 1. The molecule has 0 fully saturated rings. The Bertz CT molecular complexity index is 768. The molecule has 1 unspecified atom stereocenters. The first-order valence-electron chi connectivity index (χ1n) is 6.85. The van der Waals surface area contributed by atoms with Crippen molar-refractivity contribution in [1.82, 2.24) is 10.3 Å². The molecular formula is C16H13Cl3N2O3.